The second-order valence-electron chi connectivity index (χ2n) is 8.42. The molecule has 10 heteroatoms. The monoisotopic (exact) mass is 605 g/mol. The van der Waals surface area contributed by atoms with E-state index < -0.39 is 28.4 Å². The molecule has 39 heavy (non-hydrogen) atoms. The number of ether oxygens (including phenoxy) is 1. The van der Waals surface area contributed by atoms with Crippen LogP contribution in [0.5, 0.6) is 5.75 Å². The lowest BCUT2D eigenvalue weighted by atomic mass is 10.2. The fourth-order valence-electron chi connectivity index (χ4n) is 3.47. The van der Waals surface area contributed by atoms with E-state index in [4.69, 9.17) is 4.74 Å². The second-order valence-corrected chi connectivity index (χ2v) is 11.2. The number of anilines is 1. The molecule has 4 aromatic carbocycles. The van der Waals surface area contributed by atoms with Crippen LogP contribution in [0.25, 0.3) is 0 Å². The summed E-state index contributed by atoms with van der Waals surface area (Å²) in [5, 5.41) is 3.95. The molecule has 4 aromatic rings. The highest BCUT2D eigenvalue weighted by Gasteiger charge is 2.27. The number of carbonyl (C=O) groups is 2. The van der Waals surface area contributed by atoms with Crippen LogP contribution in [0.4, 0.5) is 5.69 Å². The van der Waals surface area contributed by atoms with Gasteiger partial charge < -0.3 is 4.74 Å². The number of hydrogen-bond acceptors (Lipinski definition) is 6. The zero-order chi connectivity index (χ0) is 27.8. The van der Waals surface area contributed by atoms with Gasteiger partial charge in [-0.15, -0.1) is 0 Å². The summed E-state index contributed by atoms with van der Waals surface area (Å²) in [6.07, 6.45) is 1.40. The number of sulfonamides is 1. The third-order valence-corrected chi connectivity index (χ3v) is 7.83. The first-order chi connectivity index (χ1) is 18.7. The molecule has 0 heterocycles. The zero-order valence-corrected chi connectivity index (χ0v) is 23.2. The van der Waals surface area contributed by atoms with Gasteiger partial charge in [-0.3, -0.25) is 9.10 Å². The van der Waals surface area contributed by atoms with Crippen LogP contribution in [-0.2, 0) is 14.8 Å². The van der Waals surface area contributed by atoms with E-state index in [9.17, 15) is 18.0 Å². The van der Waals surface area contributed by atoms with Gasteiger partial charge in [0.1, 0.15) is 12.3 Å². The molecule has 0 aliphatic heterocycles. The number of nitrogens with zero attached hydrogens (tertiary/aromatic N) is 2. The summed E-state index contributed by atoms with van der Waals surface area (Å²) in [5.41, 5.74) is 4.69. The zero-order valence-electron chi connectivity index (χ0n) is 20.8. The Balaban J connectivity index is 1.42. The molecule has 1 amide bonds. The fourth-order valence-corrected chi connectivity index (χ4v) is 5.15. The minimum Gasteiger partial charge on any atom is -0.423 e. The lowest BCUT2D eigenvalue weighted by molar-refractivity contribution is -0.119. The smallest absolute Gasteiger partial charge is 0.343 e. The Morgan fingerprint density at radius 3 is 2.18 bits per heavy atom. The molecule has 0 fully saturated rings. The Kier molecular flexibility index (Phi) is 8.90. The molecule has 0 aromatic heterocycles. The predicted molar refractivity (Wildman–Crippen MR) is 153 cm³/mol. The summed E-state index contributed by atoms with van der Waals surface area (Å²) >= 11 is 3.34. The van der Waals surface area contributed by atoms with Gasteiger partial charge in [-0.2, -0.15) is 5.10 Å². The van der Waals surface area contributed by atoms with E-state index in [2.05, 4.69) is 26.5 Å². The number of aryl methyl sites for hydroxylation is 1. The third kappa shape index (κ3) is 7.40. The normalized spacial score (nSPS) is 11.2. The molecule has 0 spiro atoms. The van der Waals surface area contributed by atoms with Gasteiger partial charge >= 0.3 is 5.97 Å². The van der Waals surface area contributed by atoms with Crippen molar-refractivity contribution in [1.29, 1.82) is 0 Å². The van der Waals surface area contributed by atoms with Gasteiger partial charge in [0, 0.05) is 4.47 Å². The topological polar surface area (TPSA) is 105 Å². The van der Waals surface area contributed by atoms with Crippen LogP contribution < -0.4 is 14.5 Å². The molecule has 198 valence electrons. The van der Waals surface area contributed by atoms with Gasteiger partial charge in [0.05, 0.1) is 22.4 Å². The van der Waals surface area contributed by atoms with Crippen LogP contribution in [0.3, 0.4) is 0 Å². The van der Waals surface area contributed by atoms with E-state index >= 15 is 0 Å². The van der Waals surface area contributed by atoms with Crippen molar-refractivity contribution in [3.8, 4) is 5.75 Å². The van der Waals surface area contributed by atoms with Gasteiger partial charge in [0.2, 0.25) is 0 Å². The molecule has 0 atom stereocenters. The first-order valence-corrected chi connectivity index (χ1v) is 14.0. The van der Waals surface area contributed by atoms with Crippen LogP contribution in [0.1, 0.15) is 21.5 Å². The number of hydrazone groups is 1. The van der Waals surface area contributed by atoms with Crippen molar-refractivity contribution in [3.05, 3.63) is 124 Å². The Bertz CT molecular complexity index is 1570. The minimum absolute atomic E-state index is 0.0698. The Morgan fingerprint density at radius 1 is 0.897 bits per heavy atom. The maximum absolute atomic E-state index is 13.4. The molecule has 0 saturated carbocycles. The van der Waals surface area contributed by atoms with Gasteiger partial charge in [0.25, 0.3) is 15.9 Å². The first-order valence-electron chi connectivity index (χ1n) is 11.8. The summed E-state index contributed by atoms with van der Waals surface area (Å²) < 4.78 is 34.0. The number of esters is 1. The third-order valence-electron chi connectivity index (χ3n) is 5.51. The van der Waals surface area contributed by atoms with E-state index in [1.807, 2.05) is 13.0 Å². The van der Waals surface area contributed by atoms with Gasteiger partial charge in [-0.05, 0) is 85.3 Å². The Morgan fingerprint density at radius 2 is 1.54 bits per heavy atom. The number of benzene rings is 4. The van der Waals surface area contributed by atoms with E-state index in [0.29, 0.717) is 22.6 Å². The summed E-state index contributed by atoms with van der Waals surface area (Å²) in [4.78, 5) is 25.0. The maximum atomic E-state index is 13.4. The number of carbonyl (C=O) groups excluding carboxylic acids is 2. The largest absolute Gasteiger partial charge is 0.423 e. The Labute approximate surface area is 235 Å². The second kappa shape index (κ2) is 12.5. The van der Waals surface area contributed by atoms with Crippen LogP contribution in [0.15, 0.2) is 118 Å². The molecule has 8 nitrogen and oxygen atoms in total. The maximum Gasteiger partial charge on any atom is 0.343 e. The molecule has 4 rings (SSSR count). The van der Waals surface area contributed by atoms with E-state index in [-0.39, 0.29) is 4.90 Å². The number of nitrogens with one attached hydrogen (secondary N) is 1. The minimum atomic E-state index is -4.03. The van der Waals surface area contributed by atoms with Crippen LogP contribution in [0, 0.1) is 6.92 Å². The number of amides is 1. The molecule has 1 N–H and O–H groups in total. The molecule has 0 aliphatic rings. The Hall–Kier alpha value is -4.28. The first kappa shape index (κ1) is 27.7. The molecule has 0 unspecified atom stereocenters. The summed E-state index contributed by atoms with van der Waals surface area (Å²) in [6.45, 7) is 1.38. The van der Waals surface area contributed by atoms with Crippen LogP contribution in [-0.4, -0.2) is 33.1 Å². The van der Waals surface area contributed by atoms with Crippen LogP contribution in [0.2, 0.25) is 0 Å². The van der Waals surface area contributed by atoms with Gasteiger partial charge in [0.15, 0.2) is 0 Å². The quantitative estimate of drug-likeness (QED) is 0.120. The number of hydrogen-bond donors (Lipinski definition) is 1. The lowest BCUT2D eigenvalue weighted by Crippen LogP contribution is -2.39. The molecule has 0 aliphatic carbocycles. The average Bonchev–Trinajstić information content (AvgIpc) is 2.94. The van der Waals surface area contributed by atoms with Crippen molar-refractivity contribution in [1.82, 2.24) is 5.43 Å². The van der Waals surface area contributed by atoms with Crippen molar-refractivity contribution in [2.75, 3.05) is 10.8 Å². The van der Waals surface area contributed by atoms with E-state index in [1.54, 1.807) is 84.9 Å². The van der Waals surface area contributed by atoms with Crippen LogP contribution >= 0.6 is 15.9 Å². The molecular formula is C29H24BrN3O5S. The molecule has 0 radical (unpaired) electrons. The van der Waals surface area contributed by atoms with E-state index in [0.717, 1.165) is 14.3 Å². The summed E-state index contributed by atoms with van der Waals surface area (Å²) in [6, 6.07) is 28.2. The lowest BCUT2D eigenvalue weighted by Gasteiger charge is -2.23. The van der Waals surface area contributed by atoms with Crippen molar-refractivity contribution in [2.45, 2.75) is 11.8 Å². The fraction of sp³-hybridized carbons (Fsp3) is 0.0690. The van der Waals surface area contributed by atoms with Crippen molar-refractivity contribution in [3.63, 3.8) is 0 Å². The average molecular weight is 606 g/mol. The molecular weight excluding hydrogens is 582 g/mol. The van der Waals surface area contributed by atoms with Crippen molar-refractivity contribution >= 4 is 49.7 Å². The highest BCUT2D eigenvalue weighted by atomic mass is 79.9. The van der Waals surface area contributed by atoms with E-state index in [1.165, 1.54) is 18.3 Å². The number of rotatable bonds is 9. The predicted octanol–water partition coefficient (Wildman–Crippen LogP) is 5.32. The highest BCUT2D eigenvalue weighted by molar-refractivity contribution is 9.10. The van der Waals surface area contributed by atoms with Crippen molar-refractivity contribution in [2.24, 2.45) is 5.10 Å². The SMILES string of the molecule is Cc1ccc(S(=O)(=O)N(CC(=O)N/N=C\c2ccc(OC(=O)c3ccccc3)cc2)c2ccc(Br)cc2)cc1. The standard InChI is InChI=1S/C29H24BrN3O5S/c1-21-7-17-27(18-8-21)39(36,37)33(25-13-11-24(30)12-14-25)20-28(34)32-31-19-22-9-15-26(16-10-22)38-29(35)23-5-3-2-4-6-23/h2-19H,20H2,1H3,(H,32,34)/b31-19-. The summed E-state index contributed by atoms with van der Waals surface area (Å²) in [7, 11) is -4.03. The van der Waals surface area contributed by atoms with Crippen molar-refractivity contribution < 1.29 is 22.7 Å². The molecule has 0 saturated heterocycles. The van der Waals surface area contributed by atoms with Gasteiger partial charge in [-0.1, -0.05) is 51.8 Å². The summed E-state index contributed by atoms with van der Waals surface area (Å²) in [5.74, 6) is -0.741. The highest BCUT2D eigenvalue weighted by Crippen LogP contribution is 2.25. The molecule has 0 bridgehead atoms. The van der Waals surface area contributed by atoms with Gasteiger partial charge in [-0.25, -0.2) is 18.6 Å². The number of halogens is 1.